The molecule has 1 unspecified atom stereocenters. The second-order valence-electron chi connectivity index (χ2n) is 7.96. The summed E-state index contributed by atoms with van der Waals surface area (Å²) >= 11 is 1.03. The first-order chi connectivity index (χ1) is 14.7. The molecule has 8 heteroatoms. The van der Waals surface area contributed by atoms with E-state index in [-0.39, 0.29) is 11.3 Å². The molecule has 162 valence electrons. The minimum absolute atomic E-state index is 0.0930. The van der Waals surface area contributed by atoms with Gasteiger partial charge in [0.05, 0.1) is 0 Å². The smallest absolute Gasteiger partial charge is 0.280 e. The normalized spacial score (nSPS) is 12.3. The first-order valence-electron chi connectivity index (χ1n) is 9.97. The summed E-state index contributed by atoms with van der Waals surface area (Å²) in [5, 5.41) is 8.36. The number of nitrogens with one attached hydrogen (secondary N) is 1. The summed E-state index contributed by atoms with van der Waals surface area (Å²) in [7, 11) is 0. The van der Waals surface area contributed by atoms with Crippen molar-refractivity contribution in [3.05, 3.63) is 76.5 Å². The average molecular weight is 441 g/mol. The van der Waals surface area contributed by atoms with Crippen LogP contribution >= 0.6 is 11.5 Å². The third kappa shape index (κ3) is 5.14. The Kier molecular flexibility index (Phi) is 6.80. The van der Waals surface area contributed by atoms with E-state index in [2.05, 4.69) is 14.9 Å². The van der Waals surface area contributed by atoms with Crippen LogP contribution in [0, 0.1) is 12.7 Å². The van der Waals surface area contributed by atoms with Crippen LogP contribution in [0.3, 0.4) is 0 Å². The minimum Gasteiger partial charge on any atom is -0.349 e. The van der Waals surface area contributed by atoms with Gasteiger partial charge in [-0.25, -0.2) is 4.39 Å². The summed E-state index contributed by atoms with van der Waals surface area (Å²) in [6, 6.07) is 11.9. The Bertz CT molecular complexity index is 1070. The van der Waals surface area contributed by atoms with Gasteiger partial charge in [0, 0.05) is 22.2 Å². The van der Waals surface area contributed by atoms with Gasteiger partial charge < -0.3 is 5.32 Å². The van der Waals surface area contributed by atoms with Crippen molar-refractivity contribution >= 4 is 29.0 Å². The van der Waals surface area contributed by atoms with Crippen molar-refractivity contribution < 1.29 is 14.0 Å². The van der Waals surface area contributed by atoms with E-state index in [1.807, 2.05) is 33.8 Å². The molecule has 0 aliphatic carbocycles. The van der Waals surface area contributed by atoms with Crippen molar-refractivity contribution in [3.63, 3.8) is 0 Å². The largest absolute Gasteiger partial charge is 0.349 e. The molecule has 0 aliphatic rings. The van der Waals surface area contributed by atoms with Gasteiger partial charge in [0.1, 0.15) is 11.9 Å². The predicted molar refractivity (Wildman–Crippen MR) is 120 cm³/mol. The molecule has 0 saturated heterocycles. The third-order valence-corrected chi connectivity index (χ3v) is 5.63. The molecule has 0 aliphatic heterocycles. The molecule has 3 aromatic rings. The second kappa shape index (κ2) is 9.34. The summed E-state index contributed by atoms with van der Waals surface area (Å²) in [6.07, 6.45) is 0.664. The van der Waals surface area contributed by atoms with E-state index >= 15 is 0 Å². The minimum atomic E-state index is -1.23. The molecule has 1 heterocycles. The standard InChI is InChI=1S/C23H25FN4O2S/c1-5-23(3,4)25-21(29)20(17-11-6-7-12-18(17)24)28(16-10-8-9-15(2)13-16)22(30)19-14-31-27-26-19/h6-14,20H,5H2,1-4H3,(H,25,29). The topological polar surface area (TPSA) is 75.2 Å². The first-order valence-corrected chi connectivity index (χ1v) is 10.8. The summed E-state index contributed by atoms with van der Waals surface area (Å²) in [4.78, 5) is 28.3. The van der Waals surface area contributed by atoms with Gasteiger partial charge in [-0.3, -0.25) is 14.5 Å². The van der Waals surface area contributed by atoms with Crippen molar-refractivity contribution in [2.75, 3.05) is 4.90 Å². The zero-order valence-electron chi connectivity index (χ0n) is 17.9. The fraction of sp³-hybridized carbons (Fsp3) is 0.304. The number of hydrogen-bond acceptors (Lipinski definition) is 5. The van der Waals surface area contributed by atoms with Crippen molar-refractivity contribution in [3.8, 4) is 0 Å². The Hall–Kier alpha value is -3.13. The van der Waals surface area contributed by atoms with E-state index < -0.39 is 29.2 Å². The SMILES string of the molecule is CCC(C)(C)NC(=O)C(c1ccccc1F)N(C(=O)c1csnn1)c1cccc(C)c1. The lowest BCUT2D eigenvalue weighted by molar-refractivity contribution is -0.124. The van der Waals surface area contributed by atoms with Crippen molar-refractivity contribution in [1.82, 2.24) is 14.9 Å². The molecule has 1 atom stereocenters. The number of hydrogen-bond donors (Lipinski definition) is 1. The van der Waals surface area contributed by atoms with Crippen LogP contribution in [0.15, 0.2) is 53.9 Å². The summed E-state index contributed by atoms with van der Waals surface area (Å²) in [5.74, 6) is -1.58. The van der Waals surface area contributed by atoms with Gasteiger partial charge in [-0.1, -0.05) is 41.7 Å². The lowest BCUT2D eigenvalue weighted by atomic mass is 9.97. The van der Waals surface area contributed by atoms with Crippen LogP contribution in [0.25, 0.3) is 0 Å². The number of nitrogens with zero attached hydrogens (tertiary/aromatic N) is 3. The molecule has 3 rings (SSSR count). The van der Waals surface area contributed by atoms with Crippen LogP contribution in [0.1, 0.15) is 54.8 Å². The van der Waals surface area contributed by atoms with Crippen molar-refractivity contribution in [2.45, 2.75) is 45.7 Å². The third-order valence-electron chi connectivity index (χ3n) is 5.13. The molecule has 0 bridgehead atoms. The quantitative estimate of drug-likeness (QED) is 0.579. The maximum Gasteiger partial charge on any atom is 0.280 e. The molecule has 6 nitrogen and oxygen atoms in total. The number of carbonyl (C=O) groups is 2. The highest BCUT2D eigenvalue weighted by atomic mass is 32.1. The fourth-order valence-corrected chi connectivity index (χ4v) is 3.56. The maximum absolute atomic E-state index is 14.9. The van der Waals surface area contributed by atoms with E-state index in [1.165, 1.54) is 22.4 Å². The summed E-state index contributed by atoms with van der Waals surface area (Å²) in [6.45, 7) is 7.59. The molecule has 31 heavy (non-hydrogen) atoms. The maximum atomic E-state index is 14.9. The van der Waals surface area contributed by atoms with Crippen LogP contribution in [0.2, 0.25) is 0 Å². The van der Waals surface area contributed by atoms with Gasteiger partial charge in [-0.05, 0) is 62.5 Å². The number of aromatic nitrogens is 2. The van der Waals surface area contributed by atoms with Crippen molar-refractivity contribution in [2.24, 2.45) is 0 Å². The number of benzene rings is 2. The molecular formula is C23H25FN4O2S. The van der Waals surface area contributed by atoms with E-state index in [0.717, 1.165) is 17.1 Å². The number of anilines is 1. The zero-order chi connectivity index (χ0) is 22.6. The Morgan fingerprint density at radius 2 is 1.94 bits per heavy atom. The molecule has 0 spiro atoms. The van der Waals surface area contributed by atoms with Crippen LogP contribution in [0.5, 0.6) is 0 Å². The van der Waals surface area contributed by atoms with Crippen LogP contribution in [-0.2, 0) is 4.79 Å². The highest BCUT2D eigenvalue weighted by Gasteiger charge is 2.37. The number of carbonyl (C=O) groups excluding carboxylic acids is 2. The van der Waals surface area contributed by atoms with Gasteiger partial charge in [0.2, 0.25) is 5.91 Å². The molecular weight excluding hydrogens is 415 g/mol. The Morgan fingerprint density at radius 3 is 2.55 bits per heavy atom. The van der Waals surface area contributed by atoms with Crippen LogP contribution < -0.4 is 10.2 Å². The fourth-order valence-electron chi connectivity index (χ4n) is 3.13. The van der Waals surface area contributed by atoms with Crippen LogP contribution in [0.4, 0.5) is 10.1 Å². The van der Waals surface area contributed by atoms with Crippen molar-refractivity contribution in [1.29, 1.82) is 0 Å². The Morgan fingerprint density at radius 1 is 1.19 bits per heavy atom. The zero-order valence-corrected chi connectivity index (χ0v) is 18.7. The number of aryl methyl sites for hydroxylation is 1. The molecule has 0 radical (unpaired) electrons. The summed E-state index contributed by atoms with van der Waals surface area (Å²) in [5.41, 5.74) is 1.02. The Balaban J connectivity index is 2.20. The Labute approximate surface area is 185 Å². The summed E-state index contributed by atoms with van der Waals surface area (Å²) < 4.78 is 18.7. The molecule has 1 aromatic heterocycles. The first kappa shape index (κ1) is 22.6. The number of rotatable bonds is 7. The van der Waals surface area contributed by atoms with Gasteiger partial charge in [0.25, 0.3) is 5.91 Å². The van der Waals surface area contributed by atoms with E-state index in [4.69, 9.17) is 0 Å². The molecule has 0 fully saturated rings. The van der Waals surface area contributed by atoms with Gasteiger partial charge in [-0.15, -0.1) is 5.10 Å². The monoisotopic (exact) mass is 440 g/mol. The highest BCUT2D eigenvalue weighted by Crippen LogP contribution is 2.32. The second-order valence-corrected chi connectivity index (χ2v) is 8.56. The lowest BCUT2D eigenvalue weighted by Gasteiger charge is -2.34. The van der Waals surface area contributed by atoms with Gasteiger partial charge in [-0.2, -0.15) is 0 Å². The van der Waals surface area contributed by atoms with E-state index in [9.17, 15) is 14.0 Å². The molecule has 0 saturated carbocycles. The average Bonchev–Trinajstić information content (AvgIpc) is 3.27. The molecule has 2 amide bonds. The molecule has 1 N–H and O–H groups in total. The van der Waals surface area contributed by atoms with E-state index in [1.54, 1.807) is 30.3 Å². The van der Waals surface area contributed by atoms with Gasteiger partial charge >= 0.3 is 0 Å². The highest BCUT2D eigenvalue weighted by molar-refractivity contribution is 7.03. The van der Waals surface area contributed by atoms with Gasteiger partial charge in [0.15, 0.2) is 5.69 Å². The van der Waals surface area contributed by atoms with Crippen LogP contribution in [-0.4, -0.2) is 26.9 Å². The predicted octanol–water partition coefficient (Wildman–Crippen LogP) is 4.68. The lowest BCUT2D eigenvalue weighted by Crippen LogP contribution is -2.50. The number of amides is 2. The number of halogens is 1. The van der Waals surface area contributed by atoms with E-state index in [0.29, 0.717) is 12.1 Å². The molecule has 2 aromatic carbocycles.